The van der Waals surface area contributed by atoms with Gasteiger partial charge in [0, 0.05) is 18.4 Å². The summed E-state index contributed by atoms with van der Waals surface area (Å²) in [6.07, 6.45) is 2.07. The highest BCUT2D eigenvalue weighted by Gasteiger charge is 2.28. The number of nitrogens with one attached hydrogen (secondary N) is 2. The largest absolute Gasteiger partial charge is 0.341 e. The highest BCUT2D eigenvalue weighted by atomic mass is 32.2. The Kier molecular flexibility index (Phi) is 3.87. The summed E-state index contributed by atoms with van der Waals surface area (Å²) >= 11 is 0. The lowest BCUT2D eigenvalue weighted by Crippen LogP contribution is -2.25. The highest BCUT2D eigenvalue weighted by molar-refractivity contribution is 7.93. The van der Waals surface area contributed by atoms with Crippen molar-refractivity contribution in [2.45, 2.75) is 13.3 Å². The first-order valence-electron chi connectivity index (χ1n) is 8.16. The van der Waals surface area contributed by atoms with E-state index in [0.29, 0.717) is 41.1 Å². The van der Waals surface area contributed by atoms with E-state index < -0.39 is 10.0 Å². The second-order valence-corrected chi connectivity index (χ2v) is 8.18. The SMILES string of the molecule is Cc1nc2ncc(C(=O)Nc3cccc(N4CCCS4(=O)=O)c3)cc2[nH]1. The lowest BCUT2D eigenvalue weighted by Gasteiger charge is -2.17. The lowest BCUT2D eigenvalue weighted by molar-refractivity contribution is 0.102. The maximum Gasteiger partial charge on any atom is 0.257 e. The van der Waals surface area contributed by atoms with Crippen LogP contribution in [0.5, 0.6) is 0 Å². The summed E-state index contributed by atoms with van der Waals surface area (Å²) in [5.74, 6) is 0.552. The Balaban J connectivity index is 1.58. The van der Waals surface area contributed by atoms with E-state index in [1.807, 2.05) is 6.92 Å². The number of carbonyl (C=O) groups is 1. The van der Waals surface area contributed by atoms with E-state index in [4.69, 9.17) is 0 Å². The molecule has 26 heavy (non-hydrogen) atoms. The third kappa shape index (κ3) is 3.01. The predicted molar refractivity (Wildman–Crippen MR) is 98.8 cm³/mol. The van der Waals surface area contributed by atoms with Crippen molar-refractivity contribution in [1.29, 1.82) is 0 Å². The van der Waals surface area contributed by atoms with Crippen LogP contribution in [-0.4, -0.2) is 41.6 Å². The molecule has 3 aromatic rings. The topological polar surface area (TPSA) is 108 Å². The van der Waals surface area contributed by atoms with Crippen molar-refractivity contribution < 1.29 is 13.2 Å². The Morgan fingerprint density at radius 1 is 1.31 bits per heavy atom. The summed E-state index contributed by atoms with van der Waals surface area (Å²) in [6.45, 7) is 2.28. The highest BCUT2D eigenvalue weighted by Crippen LogP contribution is 2.26. The van der Waals surface area contributed by atoms with Gasteiger partial charge in [-0.2, -0.15) is 0 Å². The molecule has 0 saturated carbocycles. The molecule has 1 amide bonds. The van der Waals surface area contributed by atoms with E-state index in [-0.39, 0.29) is 11.7 Å². The van der Waals surface area contributed by atoms with Crippen molar-refractivity contribution in [3.05, 3.63) is 47.9 Å². The van der Waals surface area contributed by atoms with E-state index in [1.54, 1.807) is 30.3 Å². The fraction of sp³-hybridized carbons (Fsp3) is 0.235. The molecule has 0 atom stereocenters. The monoisotopic (exact) mass is 371 g/mol. The van der Waals surface area contributed by atoms with Gasteiger partial charge in [0.15, 0.2) is 5.65 Å². The van der Waals surface area contributed by atoms with Crippen LogP contribution in [0.25, 0.3) is 11.2 Å². The van der Waals surface area contributed by atoms with Crippen LogP contribution in [0.4, 0.5) is 11.4 Å². The molecule has 1 aliphatic rings. The van der Waals surface area contributed by atoms with Crippen molar-refractivity contribution in [3.8, 4) is 0 Å². The minimum Gasteiger partial charge on any atom is -0.341 e. The summed E-state index contributed by atoms with van der Waals surface area (Å²) in [6, 6.07) is 8.51. The summed E-state index contributed by atoms with van der Waals surface area (Å²) in [4.78, 5) is 23.9. The predicted octanol–water partition coefficient (Wildman–Crippen LogP) is 2.06. The van der Waals surface area contributed by atoms with Crippen LogP contribution in [0.15, 0.2) is 36.5 Å². The average molecular weight is 371 g/mol. The third-order valence-electron chi connectivity index (χ3n) is 4.21. The number of benzene rings is 1. The molecule has 1 fully saturated rings. The molecule has 1 aliphatic heterocycles. The van der Waals surface area contributed by atoms with E-state index in [0.717, 1.165) is 5.82 Å². The second kappa shape index (κ2) is 6.10. The van der Waals surface area contributed by atoms with Gasteiger partial charge in [-0.1, -0.05) is 6.07 Å². The zero-order valence-corrected chi connectivity index (χ0v) is 14.9. The number of carbonyl (C=O) groups excluding carboxylic acids is 1. The first kappa shape index (κ1) is 16.5. The molecule has 8 nitrogen and oxygen atoms in total. The average Bonchev–Trinajstić information content (AvgIpc) is 3.14. The van der Waals surface area contributed by atoms with Crippen LogP contribution < -0.4 is 9.62 Å². The number of rotatable bonds is 3. The Bertz CT molecular complexity index is 1110. The van der Waals surface area contributed by atoms with Crippen molar-refractivity contribution in [1.82, 2.24) is 15.0 Å². The molecular weight excluding hydrogens is 354 g/mol. The van der Waals surface area contributed by atoms with Gasteiger partial charge in [-0.3, -0.25) is 9.10 Å². The maximum atomic E-state index is 12.5. The van der Waals surface area contributed by atoms with E-state index in [1.165, 1.54) is 10.5 Å². The molecule has 1 aromatic carbocycles. The number of aryl methyl sites for hydroxylation is 1. The van der Waals surface area contributed by atoms with Gasteiger partial charge in [-0.15, -0.1) is 0 Å². The molecule has 0 spiro atoms. The van der Waals surface area contributed by atoms with Crippen LogP contribution in [0.1, 0.15) is 22.6 Å². The van der Waals surface area contributed by atoms with Gasteiger partial charge in [0.1, 0.15) is 5.82 Å². The Morgan fingerprint density at radius 2 is 2.15 bits per heavy atom. The van der Waals surface area contributed by atoms with Crippen LogP contribution in [0, 0.1) is 6.92 Å². The number of anilines is 2. The molecule has 9 heteroatoms. The normalized spacial score (nSPS) is 16.1. The molecule has 4 rings (SSSR count). The molecule has 1 saturated heterocycles. The zero-order chi connectivity index (χ0) is 18.3. The molecule has 0 aliphatic carbocycles. The number of aromatic amines is 1. The van der Waals surface area contributed by atoms with Crippen LogP contribution in [-0.2, 0) is 10.0 Å². The summed E-state index contributed by atoms with van der Waals surface area (Å²) < 4.78 is 25.5. The van der Waals surface area contributed by atoms with Gasteiger partial charge in [0.25, 0.3) is 5.91 Å². The first-order chi connectivity index (χ1) is 12.4. The Morgan fingerprint density at radius 3 is 2.92 bits per heavy atom. The number of H-pyrrole nitrogens is 1. The summed E-state index contributed by atoms with van der Waals surface area (Å²) in [7, 11) is -3.26. The first-order valence-corrected chi connectivity index (χ1v) is 9.77. The van der Waals surface area contributed by atoms with Crippen LogP contribution >= 0.6 is 0 Å². The van der Waals surface area contributed by atoms with Gasteiger partial charge in [-0.25, -0.2) is 18.4 Å². The lowest BCUT2D eigenvalue weighted by atomic mass is 10.2. The number of hydrogen-bond acceptors (Lipinski definition) is 5. The van der Waals surface area contributed by atoms with Crippen molar-refractivity contribution >= 4 is 38.5 Å². The van der Waals surface area contributed by atoms with Crippen LogP contribution in [0.3, 0.4) is 0 Å². The summed E-state index contributed by atoms with van der Waals surface area (Å²) in [5.41, 5.74) is 2.71. The number of nitrogens with zero attached hydrogens (tertiary/aromatic N) is 3. The zero-order valence-electron chi connectivity index (χ0n) is 14.1. The Labute approximate surface area is 150 Å². The number of hydrogen-bond donors (Lipinski definition) is 2. The molecular formula is C17H17N5O3S. The Hall–Kier alpha value is -2.94. The van der Waals surface area contributed by atoms with Gasteiger partial charge in [0.05, 0.1) is 22.5 Å². The molecule has 3 heterocycles. The second-order valence-electron chi connectivity index (χ2n) is 6.16. The minimum absolute atomic E-state index is 0.152. The van der Waals surface area contributed by atoms with Crippen molar-refractivity contribution in [3.63, 3.8) is 0 Å². The molecule has 0 bridgehead atoms. The smallest absolute Gasteiger partial charge is 0.257 e. The quantitative estimate of drug-likeness (QED) is 0.733. The van der Waals surface area contributed by atoms with E-state index in [9.17, 15) is 13.2 Å². The minimum atomic E-state index is -3.26. The van der Waals surface area contributed by atoms with Gasteiger partial charge in [0.2, 0.25) is 10.0 Å². The maximum absolute atomic E-state index is 12.5. The standard InChI is InChI=1S/C17H17N5O3S/c1-11-19-15-8-12(10-18-16(15)20-11)17(23)21-13-4-2-5-14(9-13)22-6-3-7-26(22,24)25/h2,4-5,8-10H,3,6-7H2,1H3,(H,21,23)(H,18,19,20). The summed E-state index contributed by atoms with van der Waals surface area (Å²) in [5, 5.41) is 2.79. The number of amides is 1. The van der Waals surface area contributed by atoms with Crippen LogP contribution in [0.2, 0.25) is 0 Å². The fourth-order valence-corrected chi connectivity index (χ4v) is 4.57. The van der Waals surface area contributed by atoms with Gasteiger partial charge >= 0.3 is 0 Å². The van der Waals surface area contributed by atoms with E-state index >= 15 is 0 Å². The van der Waals surface area contributed by atoms with Crippen molar-refractivity contribution in [2.75, 3.05) is 21.9 Å². The van der Waals surface area contributed by atoms with Gasteiger partial charge < -0.3 is 10.3 Å². The third-order valence-corrected chi connectivity index (χ3v) is 6.08. The molecule has 0 radical (unpaired) electrons. The van der Waals surface area contributed by atoms with E-state index in [2.05, 4.69) is 20.3 Å². The van der Waals surface area contributed by atoms with Crippen molar-refractivity contribution in [2.24, 2.45) is 0 Å². The number of pyridine rings is 1. The number of imidazole rings is 1. The molecule has 2 N–H and O–H groups in total. The van der Waals surface area contributed by atoms with Gasteiger partial charge in [-0.05, 0) is 37.6 Å². The number of aromatic nitrogens is 3. The fourth-order valence-electron chi connectivity index (χ4n) is 3.02. The molecule has 134 valence electrons. The number of sulfonamides is 1. The molecule has 0 unspecified atom stereocenters. The molecule has 2 aromatic heterocycles. The number of fused-ring (bicyclic) bond motifs is 1.